The molecule has 0 aromatic carbocycles. The van der Waals surface area contributed by atoms with Crippen molar-refractivity contribution < 1.29 is 28.6 Å². The van der Waals surface area contributed by atoms with Crippen molar-refractivity contribution in [2.24, 2.45) is 0 Å². The van der Waals surface area contributed by atoms with Crippen LogP contribution in [0.1, 0.15) is 323 Å². The van der Waals surface area contributed by atoms with Gasteiger partial charge in [-0.3, -0.25) is 14.4 Å². The van der Waals surface area contributed by atoms with Gasteiger partial charge < -0.3 is 14.2 Å². The van der Waals surface area contributed by atoms with E-state index in [1.54, 1.807) is 0 Å². The summed E-state index contributed by atoms with van der Waals surface area (Å²) in [5, 5.41) is 0. The largest absolute Gasteiger partial charge is 0.462 e. The van der Waals surface area contributed by atoms with Gasteiger partial charge in [0.15, 0.2) is 6.10 Å². The van der Waals surface area contributed by atoms with E-state index >= 15 is 0 Å². The third-order valence-electron chi connectivity index (χ3n) is 13.4. The highest BCUT2D eigenvalue weighted by atomic mass is 16.6. The van der Waals surface area contributed by atoms with Gasteiger partial charge in [0.1, 0.15) is 13.2 Å². The molecule has 0 aliphatic heterocycles. The number of unbranched alkanes of at least 4 members (excludes halogenated alkanes) is 38. The van der Waals surface area contributed by atoms with Gasteiger partial charge in [0.05, 0.1) is 0 Å². The minimum Gasteiger partial charge on any atom is -0.462 e. The van der Waals surface area contributed by atoms with Crippen molar-refractivity contribution in [2.45, 2.75) is 329 Å². The molecule has 0 radical (unpaired) electrons. The maximum absolute atomic E-state index is 12.8. The molecule has 0 fully saturated rings. The normalized spacial score (nSPS) is 12.2. The van der Waals surface area contributed by atoms with Crippen LogP contribution in [-0.4, -0.2) is 37.2 Å². The lowest BCUT2D eigenvalue weighted by Crippen LogP contribution is -2.30. The zero-order valence-corrected chi connectivity index (χ0v) is 45.6. The summed E-state index contributed by atoms with van der Waals surface area (Å²) in [5.74, 6) is -0.866. The first kappa shape index (κ1) is 65.6. The Bertz CT molecular complexity index is 1140. The molecule has 6 heteroatoms. The highest BCUT2D eigenvalue weighted by Gasteiger charge is 2.19. The molecule has 0 saturated heterocycles. The summed E-state index contributed by atoms with van der Waals surface area (Å²) in [6.07, 6.45) is 68.7. The summed E-state index contributed by atoms with van der Waals surface area (Å²) < 4.78 is 16.8. The highest BCUT2D eigenvalue weighted by Crippen LogP contribution is 2.17. The Morgan fingerprint density at radius 1 is 0.294 bits per heavy atom. The number of hydrogen-bond donors (Lipinski definition) is 0. The van der Waals surface area contributed by atoms with Gasteiger partial charge in [0.2, 0.25) is 0 Å². The Hall–Kier alpha value is -2.37. The van der Waals surface area contributed by atoms with Crippen LogP contribution in [0.3, 0.4) is 0 Å². The fourth-order valence-corrected chi connectivity index (χ4v) is 8.82. The van der Waals surface area contributed by atoms with E-state index in [0.717, 1.165) is 70.6 Å². The van der Waals surface area contributed by atoms with Gasteiger partial charge in [0, 0.05) is 19.3 Å². The van der Waals surface area contributed by atoms with E-state index in [2.05, 4.69) is 57.2 Å². The molecule has 6 nitrogen and oxygen atoms in total. The third kappa shape index (κ3) is 54.6. The van der Waals surface area contributed by atoms with E-state index in [1.807, 2.05) is 0 Å². The van der Waals surface area contributed by atoms with Crippen LogP contribution in [0.2, 0.25) is 0 Å². The Labute approximate surface area is 423 Å². The molecule has 0 aromatic heterocycles. The molecular weight excluding hydrogens is 841 g/mol. The second-order valence-electron chi connectivity index (χ2n) is 20.3. The quantitative estimate of drug-likeness (QED) is 0.0262. The molecule has 0 aromatic rings. The lowest BCUT2D eigenvalue weighted by atomic mass is 10.0. The molecule has 0 aliphatic rings. The van der Waals surface area contributed by atoms with Crippen LogP contribution >= 0.6 is 0 Å². The van der Waals surface area contributed by atoms with Crippen LogP contribution in [0, 0.1) is 0 Å². The number of esters is 3. The van der Waals surface area contributed by atoms with Crippen molar-refractivity contribution >= 4 is 17.9 Å². The first-order valence-corrected chi connectivity index (χ1v) is 30.0. The molecule has 1 unspecified atom stereocenters. The molecule has 1 atom stereocenters. The molecule has 398 valence electrons. The van der Waals surface area contributed by atoms with E-state index in [4.69, 9.17) is 14.2 Å². The van der Waals surface area contributed by atoms with Crippen LogP contribution in [0.4, 0.5) is 0 Å². The molecule has 0 aliphatic carbocycles. The maximum Gasteiger partial charge on any atom is 0.306 e. The molecule has 0 N–H and O–H groups in total. The average molecular weight is 956 g/mol. The van der Waals surface area contributed by atoms with Crippen LogP contribution in [-0.2, 0) is 28.6 Å². The van der Waals surface area contributed by atoms with Gasteiger partial charge in [-0.05, 0) is 77.0 Å². The van der Waals surface area contributed by atoms with Crippen molar-refractivity contribution in [2.75, 3.05) is 13.2 Å². The summed E-state index contributed by atoms with van der Waals surface area (Å²) in [7, 11) is 0. The SMILES string of the molecule is CCCCCC/C=C\CCCCCCCC(=O)OC(COC(=O)CCCCCCCCCCCC)COC(=O)CCCCCCCCCCCCCCCCC/C=C\C/C=C\CCCCCCC. The van der Waals surface area contributed by atoms with Crippen molar-refractivity contribution in [3.05, 3.63) is 36.5 Å². The Balaban J connectivity index is 4.13. The van der Waals surface area contributed by atoms with Crippen LogP contribution in [0.25, 0.3) is 0 Å². The van der Waals surface area contributed by atoms with E-state index < -0.39 is 6.10 Å². The van der Waals surface area contributed by atoms with Crippen molar-refractivity contribution in [3.8, 4) is 0 Å². The van der Waals surface area contributed by atoms with E-state index in [0.29, 0.717) is 19.3 Å². The minimum atomic E-state index is -0.771. The molecular formula is C62H114O6. The summed E-state index contributed by atoms with van der Waals surface area (Å²) in [6, 6.07) is 0. The van der Waals surface area contributed by atoms with Gasteiger partial charge >= 0.3 is 17.9 Å². The van der Waals surface area contributed by atoms with Crippen molar-refractivity contribution in [1.29, 1.82) is 0 Å². The number of rotatable bonds is 55. The number of carbonyl (C=O) groups is 3. The van der Waals surface area contributed by atoms with E-state index in [9.17, 15) is 14.4 Å². The number of allylic oxidation sites excluding steroid dienone is 6. The Morgan fingerprint density at radius 3 is 0.838 bits per heavy atom. The summed E-state index contributed by atoms with van der Waals surface area (Å²) in [5.41, 5.74) is 0. The lowest BCUT2D eigenvalue weighted by Gasteiger charge is -2.18. The van der Waals surface area contributed by atoms with Crippen molar-refractivity contribution in [1.82, 2.24) is 0 Å². The predicted molar refractivity (Wildman–Crippen MR) is 293 cm³/mol. The maximum atomic E-state index is 12.8. The van der Waals surface area contributed by atoms with Gasteiger partial charge in [-0.15, -0.1) is 0 Å². The van der Waals surface area contributed by atoms with Gasteiger partial charge in [-0.2, -0.15) is 0 Å². The molecule has 0 bridgehead atoms. The van der Waals surface area contributed by atoms with Gasteiger partial charge in [-0.25, -0.2) is 0 Å². The second-order valence-corrected chi connectivity index (χ2v) is 20.3. The fourth-order valence-electron chi connectivity index (χ4n) is 8.82. The lowest BCUT2D eigenvalue weighted by molar-refractivity contribution is -0.167. The van der Waals surface area contributed by atoms with Gasteiger partial charge in [0.25, 0.3) is 0 Å². The summed E-state index contributed by atoms with van der Waals surface area (Å²) >= 11 is 0. The number of carbonyl (C=O) groups excluding carboxylic acids is 3. The Morgan fingerprint density at radius 2 is 0.529 bits per heavy atom. The molecule has 0 amide bonds. The first-order chi connectivity index (χ1) is 33.5. The number of ether oxygens (including phenoxy) is 3. The molecule has 0 spiro atoms. The summed E-state index contributed by atoms with van der Waals surface area (Å²) in [4.78, 5) is 38.0. The molecule has 68 heavy (non-hydrogen) atoms. The standard InChI is InChI=1S/C62H114O6/c1-4-7-10-13-16-19-22-24-25-26-27-28-29-30-31-32-33-34-35-36-37-39-40-43-46-49-52-55-61(64)67-58-59(57-66-60(63)54-51-48-45-42-21-18-15-12-9-6-3)68-62(65)56-53-50-47-44-41-38-23-20-17-14-11-8-5-2/h20,22-24,26-27,59H,4-19,21,25,28-58H2,1-3H3/b23-20-,24-22-,27-26-. The average Bonchev–Trinajstić information content (AvgIpc) is 3.34. The smallest absolute Gasteiger partial charge is 0.306 e. The zero-order chi connectivity index (χ0) is 49.3. The van der Waals surface area contributed by atoms with Crippen LogP contribution in [0.5, 0.6) is 0 Å². The first-order valence-electron chi connectivity index (χ1n) is 30.0. The monoisotopic (exact) mass is 955 g/mol. The highest BCUT2D eigenvalue weighted by molar-refractivity contribution is 5.71. The minimum absolute atomic E-state index is 0.0714. The van der Waals surface area contributed by atoms with Crippen LogP contribution in [0.15, 0.2) is 36.5 Å². The number of hydrogen-bond acceptors (Lipinski definition) is 6. The fraction of sp³-hybridized carbons (Fsp3) is 0.855. The van der Waals surface area contributed by atoms with Crippen molar-refractivity contribution in [3.63, 3.8) is 0 Å². The molecule has 0 saturated carbocycles. The molecule has 0 rings (SSSR count). The topological polar surface area (TPSA) is 78.9 Å². The second kappa shape index (κ2) is 57.2. The van der Waals surface area contributed by atoms with Crippen LogP contribution < -0.4 is 0 Å². The Kier molecular flexibility index (Phi) is 55.2. The summed E-state index contributed by atoms with van der Waals surface area (Å²) in [6.45, 7) is 6.63. The zero-order valence-electron chi connectivity index (χ0n) is 45.6. The van der Waals surface area contributed by atoms with E-state index in [1.165, 1.54) is 212 Å². The third-order valence-corrected chi connectivity index (χ3v) is 13.4. The van der Waals surface area contributed by atoms with E-state index in [-0.39, 0.29) is 31.1 Å². The van der Waals surface area contributed by atoms with Gasteiger partial charge in [-0.1, -0.05) is 263 Å². The predicted octanol–water partition coefficient (Wildman–Crippen LogP) is 20.0. The molecule has 0 heterocycles.